The number of hydrogen-bond donors (Lipinski definition) is 2. The molecule has 0 radical (unpaired) electrons. The van der Waals surface area contributed by atoms with E-state index in [4.69, 9.17) is 12.9 Å². The fraction of sp³-hybridized carbons (Fsp3) is 0.250. The van der Waals surface area contributed by atoms with Crippen LogP contribution in [0.2, 0.25) is 39.3 Å². The molecule has 6 aromatic rings. The van der Waals surface area contributed by atoms with Crippen molar-refractivity contribution in [1.82, 2.24) is 5.32 Å². The molecule has 1 aromatic heterocycles. The van der Waals surface area contributed by atoms with E-state index in [1.54, 1.807) is 0 Å². The molecule has 45 heavy (non-hydrogen) atoms. The summed E-state index contributed by atoms with van der Waals surface area (Å²) in [6.45, 7) is 16.3. The van der Waals surface area contributed by atoms with Crippen LogP contribution in [0, 0.1) is 0 Å². The predicted molar refractivity (Wildman–Crippen MR) is 197 cm³/mol. The molecule has 1 heterocycles. The summed E-state index contributed by atoms with van der Waals surface area (Å²) in [4.78, 5) is 12.7. The van der Waals surface area contributed by atoms with Crippen LogP contribution in [0.15, 0.2) is 99.4 Å². The first-order valence-electron chi connectivity index (χ1n) is 15.4. The zero-order valence-corrected chi connectivity index (χ0v) is 29.9. The number of amides is 2. The number of nitrogens with one attached hydrogen (secondary N) is 2. The number of urea groups is 1. The molecule has 0 bridgehead atoms. The maximum atomic E-state index is 12.7. The largest absolute Gasteiger partial charge is 0.399 e. The van der Waals surface area contributed by atoms with E-state index in [-0.39, 0.29) is 18.7 Å². The maximum absolute atomic E-state index is 12.7. The Kier molecular flexibility index (Phi) is 8.44. The lowest BCUT2D eigenvalue weighted by Crippen LogP contribution is -2.39. The highest BCUT2D eigenvalue weighted by Crippen LogP contribution is 2.40. The first kappa shape index (κ1) is 31.2. The Balaban J connectivity index is 1.58. The Bertz CT molecular complexity index is 1970. The van der Waals surface area contributed by atoms with Crippen molar-refractivity contribution < 1.29 is 17.7 Å². The minimum Gasteiger partial charge on any atom is -0.399 e. The number of hydrogen-bond acceptors (Lipinski definition) is 4. The molecule has 9 heteroatoms. The third kappa shape index (κ3) is 6.47. The summed E-state index contributed by atoms with van der Waals surface area (Å²) >= 11 is 0. The number of para-hydroxylation sites is 1. The summed E-state index contributed by atoms with van der Waals surface area (Å²) in [6, 6.07) is 30.6. The zero-order valence-electron chi connectivity index (χ0n) is 27.0. The molecule has 232 valence electrons. The van der Waals surface area contributed by atoms with Crippen LogP contribution in [0.3, 0.4) is 0 Å². The molecule has 0 aliphatic rings. The molecule has 0 saturated carbocycles. The molecular formula is C36H41N2O4PSi2. The van der Waals surface area contributed by atoms with Crippen LogP contribution in [0.4, 0.5) is 10.5 Å². The van der Waals surface area contributed by atoms with Crippen molar-refractivity contribution >= 4 is 90.0 Å². The highest BCUT2D eigenvalue weighted by molar-refractivity contribution is 7.32. The molecule has 0 unspecified atom stereocenters. The van der Waals surface area contributed by atoms with E-state index < -0.39 is 24.4 Å². The second-order valence-corrected chi connectivity index (χ2v) is 24.9. The topological polar surface area (TPSA) is 76.6 Å². The maximum Gasteiger partial charge on any atom is 0.387 e. The lowest BCUT2D eigenvalue weighted by Gasteiger charge is -2.20. The Morgan fingerprint density at radius 1 is 0.733 bits per heavy atom. The summed E-state index contributed by atoms with van der Waals surface area (Å²) in [6.07, 6.45) is 0. The molecule has 0 spiro atoms. The van der Waals surface area contributed by atoms with Gasteiger partial charge in [0.1, 0.15) is 11.2 Å². The molecule has 0 saturated heterocycles. The second kappa shape index (κ2) is 12.2. The van der Waals surface area contributed by atoms with Gasteiger partial charge >= 0.3 is 14.3 Å². The van der Waals surface area contributed by atoms with Gasteiger partial charge in [-0.05, 0) is 51.0 Å². The molecule has 0 aliphatic heterocycles. The summed E-state index contributed by atoms with van der Waals surface area (Å²) in [5, 5.41) is 15.2. The van der Waals surface area contributed by atoms with Gasteiger partial charge in [0.15, 0.2) is 0 Å². The summed E-state index contributed by atoms with van der Waals surface area (Å²) in [5.74, 6) is 0. The number of anilines is 1. The lowest BCUT2D eigenvalue weighted by atomic mass is 9.98. The highest BCUT2D eigenvalue weighted by atomic mass is 31.1. The van der Waals surface area contributed by atoms with Gasteiger partial charge < -0.3 is 19.0 Å². The third-order valence-electron chi connectivity index (χ3n) is 8.04. The molecule has 5 aromatic carbocycles. The molecule has 1 atom stereocenters. The van der Waals surface area contributed by atoms with Gasteiger partial charge in [-0.25, -0.2) is 4.79 Å². The van der Waals surface area contributed by atoms with Crippen molar-refractivity contribution in [2.45, 2.75) is 52.2 Å². The Morgan fingerprint density at radius 3 is 1.69 bits per heavy atom. The molecule has 0 fully saturated rings. The quantitative estimate of drug-likeness (QED) is 0.169. The standard InChI is InChI=1S/C36H41N2O4PSi2/c1-24(37-36(39)38-27-17-9-8-10-18-27)23-40-43-41-34-30(44(2,3)4)21-25-15-11-13-19-28(25)32(34)33-29-20-14-12-16-26(29)22-31(35(33)42-43)45(5,6)7/h8-22,24H,23H2,1-7H3,(H2,37,38,39)/t24-/m0/s1. The van der Waals surface area contributed by atoms with Crippen molar-refractivity contribution in [3.63, 3.8) is 0 Å². The average molecular weight is 653 g/mol. The van der Waals surface area contributed by atoms with Crippen molar-refractivity contribution in [3.05, 3.63) is 91.0 Å². The van der Waals surface area contributed by atoms with Crippen LogP contribution < -0.4 is 25.5 Å². The highest BCUT2D eigenvalue weighted by Gasteiger charge is 2.28. The normalized spacial score (nSPS) is 13.0. The average Bonchev–Trinajstić information content (AvgIpc) is 3.16. The summed E-state index contributed by atoms with van der Waals surface area (Å²) in [5.41, 5.74) is 2.45. The van der Waals surface area contributed by atoms with Crippen LogP contribution >= 0.6 is 8.24 Å². The van der Waals surface area contributed by atoms with Gasteiger partial charge in [0, 0.05) is 16.5 Å². The van der Waals surface area contributed by atoms with E-state index in [1.165, 1.54) is 21.1 Å². The fourth-order valence-corrected chi connectivity index (χ4v) is 10.0. The van der Waals surface area contributed by atoms with Crippen molar-refractivity contribution in [1.29, 1.82) is 0 Å². The van der Waals surface area contributed by atoms with Crippen molar-refractivity contribution in [3.8, 4) is 0 Å². The first-order valence-corrected chi connectivity index (χ1v) is 23.5. The van der Waals surface area contributed by atoms with Crippen LogP contribution in [0.25, 0.3) is 43.5 Å². The monoisotopic (exact) mass is 652 g/mol. The zero-order chi connectivity index (χ0) is 31.9. The smallest absolute Gasteiger partial charge is 0.387 e. The number of carbonyl (C=O) groups excluding carboxylic acids is 1. The van der Waals surface area contributed by atoms with E-state index in [0.29, 0.717) is 0 Å². The minimum absolute atomic E-state index is 0.226. The SMILES string of the molecule is C[C@@H](COp1oc2c([Si](C)(C)C)cc3ccccc3c2c2c(o1)c([Si](C)(C)C)cc1ccccc12)NC(=O)Nc1ccccc1. The number of rotatable bonds is 7. The molecule has 2 N–H and O–H groups in total. The number of benzene rings is 5. The van der Waals surface area contributed by atoms with Crippen LogP contribution in [-0.2, 0) is 0 Å². The van der Waals surface area contributed by atoms with Gasteiger partial charge in [-0.3, -0.25) is 4.52 Å². The molecular weight excluding hydrogens is 612 g/mol. The predicted octanol–water partition coefficient (Wildman–Crippen LogP) is 9.33. The Labute approximate surface area is 267 Å². The number of carbonyl (C=O) groups is 1. The van der Waals surface area contributed by atoms with Crippen LogP contribution in [-0.4, -0.2) is 34.8 Å². The van der Waals surface area contributed by atoms with Crippen LogP contribution in [0.5, 0.6) is 0 Å². The minimum atomic E-state index is -1.91. The van der Waals surface area contributed by atoms with Crippen molar-refractivity contribution in [2.75, 3.05) is 11.9 Å². The van der Waals surface area contributed by atoms with E-state index in [9.17, 15) is 4.79 Å². The van der Waals surface area contributed by atoms with Gasteiger partial charge in [0.05, 0.1) is 28.8 Å². The van der Waals surface area contributed by atoms with E-state index in [1.807, 2.05) is 37.3 Å². The Morgan fingerprint density at radius 2 is 1.20 bits per heavy atom. The molecule has 2 amide bonds. The van der Waals surface area contributed by atoms with E-state index in [2.05, 4.69) is 111 Å². The van der Waals surface area contributed by atoms with Crippen LogP contribution in [0.1, 0.15) is 6.92 Å². The van der Waals surface area contributed by atoms with Gasteiger partial charge in [-0.2, -0.15) is 0 Å². The molecule has 0 aliphatic carbocycles. The number of fused-ring (bicyclic) bond motifs is 7. The fourth-order valence-electron chi connectivity index (χ4n) is 5.80. The molecule has 6 rings (SSSR count). The summed E-state index contributed by atoms with van der Waals surface area (Å²) in [7, 11) is -5.66. The third-order valence-corrected chi connectivity index (χ3v) is 13.0. The lowest BCUT2D eigenvalue weighted by molar-refractivity contribution is 0.243. The van der Waals surface area contributed by atoms with Gasteiger partial charge in [-0.15, -0.1) is 0 Å². The van der Waals surface area contributed by atoms with E-state index >= 15 is 0 Å². The first-order chi connectivity index (χ1) is 21.4. The summed E-state index contributed by atoms with van der Waals surface area (Å²) < 4.78 is 20.3. The molecule has 6 nitrogen and oxygen atoms in total. The van der Waals surface area contributed by atoms with Gasteiger partial charge in [0.25, 0.3) is 0 Å². The van der Waals surface area contributed by atoms with Crippen molar-refractivity contribution in [2.24, 2.45) is 0 Å². The van der Waals surface area contributed by atoms with E-state index in [0.717, 1.165) is 38.4 Å². The Hall–Kier alpha value is -3.82. The van der Waals surface area contributed by atoms with Gasteiger partial charge in [-0.1, -0.05) is 118 Å². The second-order valence-electron chi connectivity index (χ2n) is 13.8. The van der Waals surface area contributed by atoms with Gasteiger partial charge in [0.2, 0.25) is 0 Å².